The Morgan fingerprint density at radius 3 is 2.47 bits per heavy atom. The normalized spacial score (nSPS) is 18.7. The number of unbranched alkanes of at least 4 members (excludes halogenated alkanes) is 4. The van der Waals surface area contributed by atoms with Gasteiger partial charge in [-0.15, -0.1) is 0 Å². The largest absolute Gasteiger partial charge is 0.394 e. The fraction of sp³-hybridized carbons (Fsp3) is 1.00. The van der Waals surface area contributed by atoms with Crippen molar-refractivity contribution in [2.45, 2.75) is 58.0 Å². The number of likely N-dealkylation sites (tertiary alicyclic amines) is 1. The van der Waals surface area contributed by atoms with E-state index in [0.29, 0.717) is 12.7 Å². The molecule has 3 heteroatoms. The van der Waals surface area contributed by atoms with Gasteiger partial charge in [0.1, 0.15) is 0 Å². The standard InChI is InChI=1S/C14H29NO2/c1-2-3-4-5-6-9-15-10-7-14(8-11-15)17-13-12-16/h14,16H,2-13H2,1H3. The van der Waals surface area contributed by atoms with Crippen LogP contribution >= 0.6 is 0 Å². The minimum absolute atomic E-state index is 0.150. The van der Waals surface area contributed by atoms with Gasteiger partial charge in [-0.25, -0.2) is 0 Å². The number of piperidine rings is 1. The van der Waals surface area contributed by atoms with Crippen molar-refractivity contribution in [1.29, 1.82) is 0 Å². The van der Waals surface area contributed by atoms with Crippen molar-refractivity contribution in [1.82, 2.24) is 4.90 Å². The van der Waals surface area contributed by atoms with Crippen LogP contribution in [0.3, 0.4) is 0 Å². The Morgan fingerprint density at radius 2 is 1.82 bits per heavy atom. The van der Waals surface area contributed by atoms with E-state index in [0.717, 1.165) is 12.8 Å². The quantitative estimate of drug-likeness (QED) is 0.631. The Hall–Kier alpha value is -0.120. The number of ether oxygens (including phenoxy) is 1. The van der Waals surface area contributed by atoms with Crippen molar-refractivity contribution >= 4 is 0 Å². The average molecular weight is 243 g/mol. The van der Waals surface area contributed by atoms with Crippen LogP contribution in [0, 0.1) is 0 Å². The lowest BCUT2D eigenvalue weighted by Gasteiger charge is -2.31. The molecule has 1 aliphatic rings. The monoisotopic (exact) mass is 243 g/mol. The molecule has 3 nitrogen and oxygen atoms in total. The second kappa shape index (κ2) is 9.86. The molecule has 0 unspecified atom stereocenters. The topological polar surface area (TPSA) is 32.7 Å². The first-order valence-corrected chi connectivity index (χ1v) is 7.31. The Bertz CT molecular complexity index is 165. The maximum Gasteiger partial charge on any atom is 0.0701 e. The van der Waals surface area contributed by atoms with Crippen LogP contribution in [-0.4, -0.2) is 49.0 Å². The van der Waals surface area contributed by atoms with Gasteiger partial charge in [0, 0.05) is 13.1 Å². The zero-order valence-electron chi connectivity index (χ0n) is 11.4. The smallest absolute Gasteiger partial charge is 0.0701 e. The minimum Gasteiger partial charge on any atom is -0.394 e. The summed E-state index contributed by atoms with van der Waals surface area (Å²) in [5, 5.41) is 8.70. The first kappa shape index (κ1) is 14.9. The molecule has 0 bridgehead atoms. The van der Waals surface area contributed by atoms with Gasteiger partial charge in [0.15, 0.2) is 0 Å². The first-order chi connectivity index (χ1) is 8.36. The fourth-order valence-corrected chi connectivity index (χ4v) is 2.46. The molecule has 1 heterocycles. The van der Waals surface area contributed by atoms with Gasteiger partial charge in [-0.1, -0.05) is 32.6 Å². The van der Waals surface area contributed by atoms with E-state index in [1.165, 1.54) is 51.7 Å². The molecule has 0 radical (unpaired) electrons. The molecular formula is C14H29NO2. The number of nitrogens with zero attached hydrogens (tertiary/aromatic N) is 1. The highest BCUT2D eigenvalue weighted by atomic mass is 16.5. The lowest BCUT2D eigenvalue weighted by molar-refractivity contribution is -0.00788. The second-order valence-corrected chi connectivity index (χ2v) is 5.05. The molecule has 1 aliphatic heterocycles. The summed E-state index contributed by atoms with van der Waals surface area (Å²) in [5.74, 6) is 0. The summed E-state index contributed by atoms with van der Waals surface area (Å²) in [5.41, 5.74) is 0. The van der Waals surface area contributed by atoms with Crippen LogP contribution in [0.1, 0.15) is 51.9 Å². The molecule has 1 N–H and O–H groups in total. The summed E-state index contributed by atoms with van der Waals surface area (Å²) < 4.78 is 5.56. The summed E-state index contributed by atoms with van der Waals surface area (Å²) in [7, 11) is 0. The molecule has 1 saturated heterocycles. The van der Waals surface area contributed by atoms with E-state index >= 15 is 0 Å². The van der Waals surface area contributed by atoms with Crippen molar-refractivity contribution in [2.24, 2.45) is 0 Å². The SMILES string of the molecule is CCCCCCCN1CCC(OCCO)CC1. The molecule has 0 saturated carbocycles. The second-order valence-electron chi connectivity index (χ2n) is 5.05. The lowest BCUT2D eigenvalue weighted by Crippen LogP contribution is -2.37. The van der Waals surface area contributed by atoms with Crippen molar-refractivity contribution in [3.8, 4) is 0 Å². The molecule has 0 aliphatic carbocycles. The van der Waals surface area contributed by atoms with Crippen molar-refractivity contribution in [2.75, 3.05) is 32.8 Å². The molecule has 0 aromatic rings. The third-order valence-electron chi connectivity index (χ3n) is 3.56. The fourth-order valence-electron chi connectivity index (χ4n) is 2.46. The van der Waals surface area contributed by atoms with E-state index in [9.17, 15) is 0 Å². The maximum atomic E-state index is 8.70. The highest BCUT2D eigenvalue weighted by molar-refractivity contribution is 4.72. The molecule has 0 amide bonds. The summed E-state index contributed by atoms with van der Waals surface area (Å²) in [6, 6.07) is 0. The van der Waals surface area contributed by atoms with E-state index in [-0.39, 0.29) is 6.61 Å². The van der Waals surface area contributed by atoms with Gasteiger partial charge < -0.3 is 14.7 Å². The van der Waals surface area contributed by atoms with Crippen LogP contribution in [0.25, 0.3) is 0 Å². The number of hydrogen-bond acceptors (Lipinski definition) is 3. The third-order valence-corrected chi connectivity index (χ3v) is 3.56. The van der Waals surface area contributed by atoms with E-state index < -0.39 is 0 Å². The van der Waals surface area contributed by atoms with Gasteiger partial charge >= 0.3 is 0 Å². The van der Waals surface area contributed by atoms with Crippen LogP contribution in [0.15, 0.2) is 0 Å². The highest BCUT2D eigenvalue weighted by Gasteiger charge is 2.18. The molecule has 0 spiro atoms. The number of rotatable bonds is 9. The summed E-state index contributed by atoms with van der Waals surface area (Å²) >= 11 is 0. The molecule has 0 atom stereocenters. The van der Waals surface area contributed by atoms with E-state index in [4.69, 9.17) is 9.84 Å². The third kappa shape index (κ3) is 7.02. The van der Waals surface area contributed by atoms with Gasteiger partial charge in [0.05, 0.1) is 19.3 Å². The predicted octanol–water partition coefficient (Wildman–Crippen LogP) is 2.43. The van der Waals surface area contributed by atoms with Crippen molar-refractivity contribution < 1.29 is 9.84 Å². The average Bonchev–Trinajstić information content (AvgIpc) is 2.37. The molecule has 1 rings (SSSR count). The zero-order valence-corrected chi connectivity index (χ0v) is 11.4. The summed E-state index contributed by atoms with van der Waals surface area (Å²) in [6.07, 6.45) is 9.50. The number of hydrogen-bond donors (Lipinski definition) is 1. The Morgan fingerprint density at radius 1 is 1.12 bits per heavy atom. The first-order valence-electron chi connectivity index (χ1n) is 7.31. The van der Waals surface area contributed by atoms with E-state index in [2.05, 4.69) is 11.8 Å². The zero-order chi connectivity index (χ0) is 12.3. The van der Waals surface area contributed by atoms with Crippen molar-refractivity contribution in [3.05, 3.63) is 0 Å². The minimum atomic E-state index is 0.150. The molecular weight excluding hydrogens is 214 g/mol. The number of aliphatic hydroxyl groups is 1. The summed E-state index contributed by atoms with van der Waals surface area (Å²) in [6.45, 7) is 6.51. The molecule has 0 aromatic heterocycles. The molecule has 17 heavy (non-hydrogen) atoms. The van der Waals surface area contributed by atoms with Crippen LogP contribution in [-0.2, 0) is 4.74 Å². The van der Waals surface area contributed by atoms with Gasteiger partial charge in [-0.05, 0) is 25.8 Å². The van der Waals surface area contributed by atoms with E-state index in [1.54, 1.807) is 0 Å². The van der Waals surface area contributed by atoms with Crippen LogP contribution in [0.4, 0.5) is 0 Å². The van der Waals surface area contributed by atoms with Crippen molar-refractivity contribution in [3.63, 3.8) is 0 Å². The molecule has 0 aromatic carbocycles. The Kier molecular flexibility index (Phi) is 8.67. The van der Waals surface area contributed by atoms with Gasteiger partial charge in [0.2, 0.25) is 0 Å². The molecule has 102 valence electrons. The maximum absolute atomic E-state index is 8.70. The summed E-state index contributed by atoms with van der Waals surface area (Å²) in [4.78, 5) is 2.56. The van der Waals surface area contributed by atoms with Crippen LogP contribution in [0.5, 0.6) is 0 Å². The van der Waals surface area contributed by atoms with Gasteiger partial charge in [0.25, 0.3) is 0 Å². The number of aliphatic hydroxyl groups excluding tert-OH is 1. The van der Waals surface area contributed by atoms with Gasteiger partial charge in [-0.3, -0.25) is 0 Å². The Labute approximate surface area is 106 Å². The van der Waals surface area contributed by atoms with Crippen LogP contribution in [0.2, 0.25) is 0 Å². The van der Waals surface area contributed by atoms with E-state index in [1.807, 2.05) is 0 Å². The predicted molar refractivity (Wildman–Crippen MR) is 71.3 cm³/mol. The molecule has 1 fully saturated rings. The highest BCUT2D eigenvalue weighted by Crippen LogP contribution is 2.14. The lowest BCUT2D eigenvalue weighted by atomic mass is 10.1. The van der Waals surface area contributed by atoms with Crippen LogP contribution < -0.4 is 0 Å². The van der Waals surface area contributed by atoms with Gasteiger partial charge in [-0.2, -0.15) is 0 Å². The Balaban J connectivity index is 1.95.